The van der Waals surface area contributed by atoms with Crippen molar-refractivity contribution in [1.82, 2.24) is 19.6 Å². The fourth-order valence-corrected chi connectivity index (χ4v) is 2.76. The molecule has 118 valence electrons. The smallest absolute Gasteiger partial charge is 0.257 e. The molecular weight excluding hydrogens is 305 g/mol. The van der Waals surface area contributed by atoms with Crippen molar-refractivity contribution >= 4 is 34.3 Å². The zero-order valence-corrected chi connectivity index (χ0v) is 13.0. The molecule has 2 heterocycles. The van der Waals surface area contributed by atoms with Crippen LogP contribution in [0, 0.1) is 5.82 Å². The molecule has 5 nitrogen and oxygen atoms in total. The minimum Gasteiger partial charge on any atom is -0.329 e. The van der Waals surface area contributed by atoms with Crippen LogP contribution in [0.2, 0.25) is 0 Å². The highest BCUT2D eigenvalue weighted by atomic mass is 19.1. The molecule has 0 amide bonds. The third-order valence-corrected chi connectivity index (χ3v) is 4.01. The maximum atomic E-state index is 13.6. The molecule has 0 unspecified atom stereocenters. The summed E-state index contributed by atoms with van der Waals surface area (Å²) in [5.74, 6) is 0.884. The second-order valence-electron chi connectivity index (χ2n) is 5.46. The van der Waals surface area contributed by atoms with E-state index in [4.69, 9.17) is 0 Å². The average molecular weight is 319 g/mol. The SMILES string of the molecule is C=Cc1ccc2c(N(C)c3cccc(F)c3)nc3nncn3c2c1. The number of fused-ring (bicyclic) bond motifs is 3. The van der Waals surface area contributed by atoms with Crippen molar-refractivity contribution in [3.63, 3.8) is 0 Å². The lowest BCUT2D eigenvalue weighted by Crippen LogP contribution is -2.13. The molecule has 6 heteroatoms. The number of aromatic nitrogens is 4. The summed E-state index contributed by atoms with van der Waals surface area (Å²) < 4.78 is 15.4. The molecular formula is C18H14FN5. The van der Waals surface area contributed by atoms with Crippen molar-refractivity contribution in [2.24, 2.45) is 0 Å². The number of anilines is 2. The van der Waals surface area contributed by atoms with Crippen molar-refractivity contribution in [1.29, 1.82) is 0 Å². The monoisotopic (exact) mass is 319 g/mol. The highest BCUT2D eigenvalue weighted by Crippen LogP contribution is 2.30. The second-order valence-corrected chi connectivity index (χ2v) is 5.46. The number of rotatable bonds is 3. The third kappa shape index (κ3) is 2.20. The second kappa shape index (κ2) is 5.42. The molecule has 0 atom stereocenters. The quantitative estimate of drug-likeness (QED) is 0.576. The molecule has 0 aliphatic rings. The summed E-state index contributed by atoms with van der Waals surface area (Å²) in [6.07, 6.45) is 3.41. The van der Waals surface area contributed by atoms with E-state index >= 15 is 0 Å². The van der Waals surface area contributed by atoms with Crippen molar-refractivity contribution in [3.05, 3.63) is 66.8 Å². The van der Waals surface area contributed by atoms with Crippen LogP contribution in [-0.2, 0) is 0 Å². The number of halogens is 1. The number of hydrogen-bond donors (Lipinski definition) is 0. The van der Waals surface area contributed by atoms with E-state index in [0.29, 0.717) is 17.3 Å². The van der Waals surface area contributed by atoms with Crippen LogP contribution in [0.1, 0.15) is 5.56 Å². The number of nitrogens with zero attached hydrogens (tertiary/aromatic N) is 5. The van der Waals surface area contributed by atoms with Gasteiger partial charge < -0.3 is 4.90 Å². The third-order valence-electron chi connectivity index (χ3n) is 4.01. The van der Waals surface area contributed by atoms with E-state index in [0.717, 1.165) is 16.5 Å². The number of benzene rings is 2. The summed E-state index contributed by atoms with van der Waals surface area (Å²) in [6.45, 7) is 3.81. The lowest BCUT2D eigenvalue weighted by atomic mass is 10.1. The topological polar surface area (TPSA) is 46.3 Å². The van der Waals surface area contributed by atoms with Gasteiger partial charge in [-0.15, -0.1) is 10.2 Å². The van der Waals surface area contributed by atoms with Gasteiger partial charge in [-0.25, -0.2) is 4.39 Å². The van der Waals surface area contributed by atoms with Gasteiger partial charge in [0.25, 0.3) is 5.78 Å². The molecule has 0 radical (unpaired) electrons. The maximum absolute atomic E-state index is 13.6. The molecule has 0 fully saturated rings. The Morgan fingerprint density at radius 3 is 2.88 bits per heavy atom. The van der Waals surface area contributed by atoms with Crippen LogP contribution in [0.25, 0.3) is 22.8 Å². The first-order valence-corrected chi connectivity index (χ1v) is 7.42. The van der Waals surface area contributed by atoms with Crippen LogP contribution >= 0.6 is 0 Å². The van der Waals surface area contributed by atoms with Crippen LogP contribution in [0.3, 0.4) is 0 Å². The molecule has 24 heavy (non-hydrogen) atoms. The van der Waals surface area contributed by atoms with Gasteiger partial charge in [-0.2, -0.15) is 4.98 Å². The summed E-state index contributed by atoms with van der Waals surface area (Å²) >= 11 is 0. The molecule has 0 spiro atoms. The highest BCUT2D eigenvalue weighted by molar-refractivity contribution is 5.94. The van der Waals surface area contributed by atoms with Crippen LogP contribution in [-0.4, -0.2) is 26.6 Å². The lowest BCUT2D eigenvalue weighted by Gasteiger charge is -2.20. The van der Waals surface area contributed by atoms with E-state index in [1.54, 1.807) is 18.5 Å². The van der Waals surface area contributed by atoms with Crippen molar-refractivity contribution < 1.29 is 4.39 Å². The van der Waals surface area contributed by atoms with Crippen LogP contribution in [0.5, 0.6) is 0 Å². The standard InChI is InChI=1S/C18H14FN5/c1-3-12-7-8-15-16(9-12)24-11-20-22-18(24)21-17(15)23(2)14-6-4-5-13(19)10-14/h3-11H,1H2,2H3. The van der Waals surface area contributed by atoms with E-state index in [-0.39, 0.29) is 5.82 Å². The molecule has 0 aliphatic heterocycles. The Morgan fingerprint density at radius 2 is 2.08 bits per heavy atom. The van der Waals surface area contributed by atoms with Crippen molar-refractivity contribution in [3.8, 4) is 0 Å². The molecule has 2 aromatic heterocycles. The Balaban J connectivity index is 2.01. The Morgan fingerprint density at radius 1 is 1.21 bits per heavy atom. The van der Waals surface area contributed by atoms with Gasteiger partial charge in [0.05, 0.1) is 5.52 Å². The lowest BCUT2D eigenvalue weighted by molar-refractivity contribution is 0.628. The summed E-state index contributed by atoms with van der Waals surface area (Å²) in [5.41, 5.74) is 2.61. The predicted molar refractivity (Wildman–Crippen MR) is 92.8 cm³/mol. The number of hydrogen-bond acceptors (Lipinski definition) is 4. The van der Waals surface area contributed by atoms with Gasteiger partial charge in [0.15, 0.2) is 0 Å². The normalized spacial score (nSPS) is 11.1. The Kier molecular flexibility index (Phi) is 3.23. The first kappa shape index (κ1) is 14.3. The fourth-order valence-electron chi connectivity index (χ4n) is 2.76. The summed E-state index contributed by atoms with van der Waals surface area (Å²) in [6, 6.07) is 12.3. The van der Waals surface area contributed by atoms with Crippen LogP contribution in [0.4, 0.5) is 15.9 Å². The van der Waals surface area contributed by atoms with Crippen LogP contribution < -0.4 is 4.90 Å². The summed E-state index contributed by atoms with van der Waals surface area (Å²) in [5, 5.41) is 8.91. The van der Waals surface area contributed by atoms with Gasteiger partial charge in [0, 0.05) is 18.1 Å². The molecule has 4 aromatic rings. The van der Waals surface area contributed by atoms with Gasteiger partial charge in [0.1, 0.15) is 18.0 Å². The van der Waals surface area contributed by atoms with Crippen molar-refractivity contribution in [2.75, 3.05) is 11.9 Å². The largest absolute Gasteiger partial charge is 0.329 e. The molecule has 0 saturated heterocycles. The van der Waals surface area contributed by atoms with Gasteiger partial charge >= 0.3 is 0 Å². The summed E-state index contributed by atoms with van der Waals surface area (Å²) in [7, 11) is 1.85. The van der Waals surface area contributed by atoms with E-state index < -0.39 is 0 Å². The molecule has 2 aromatic carbocycles. The molecule has 4 rings (SSSR count). The van der Waals surface area contributed by atoms with Gasteiger partial charge in [-0.1, -0.05) is 24.8 Å². The molecule has 0 saturated carbocycles. The first-order valence-electron chi connectivity index (χ1n) is 7.42. The Hall–Kier alpha value is -3.28. The van der Waals surface area contributed by atoms with E-state index in [1.807, 2.05) is 40.6 Å². The van der Waals surface area contributed by atoms with Crippen LogP contribution in [0.15, 0.2) is 55.4 Å². The minimum absolute atomic E-state index is 0.291. The Bertz CT molecular complexity index is 1070. The zero-order chi connectivity index (χ0) is 16.7. The fraction of sp³-hybridized carbons (Fsp3) is 0.0556. The minimum atomic E-state index is -0.291. The van der Waals surface area contributed by atoms with E-state index in [2.05, 4.69) is 21.8 Å². The van der Waals surface area contributed by atoms with E-state index in [1.165, 1.54) is 12.1 Å². The predicted octanol–water partition coefficient (Wildman–Crippen LogP) is 3.83. The molecule has 0 N–H and O–H groups in total. The van der Waals surface area contributed by atoms with E-state index in [9.17, 15) is 4.39 Å². The summed E-state index contributed by atoms with van der Waals surface area (Å²) in [4.78, 5) is 6.43. The molecule has 0 bridgehead atoms. The highest BCUT2D eigenvalue weighted by Gasteiger charge is 2.15. The van der Waals surface area contributed by atoms with Gasteiger partial charge in [-0.3, -0.25) is 4.40 Å². The van der Waals surface area contributed by atoms with Crippen molar-refractivity contribution in [2.45, 2.75) is 0 Å². The molecule has 0 aliphatic carbocycles. The van der Waals surface area contributed by atoms with Gasteiger partial charge in [-0.05, 0) is 35.9 Å². The van der Waals surface area contributed by atoms with Gasteiger partial charge in [0.2, 0.25) is 0 Å². The maximum Gasteiger partial charge on any atom is 0.257 e. The average Bonchev–Trinajstić information content (AvgIpc) is 3.08. The zero-order valence-electron chi connectivity index (χ0n) is 13.0. The Labute approximate surface area is 137 Å². The first-order chi connectivity index (χ1) is 11.7.